The van der Waals surface area contributed by atoms with Gasteiger partial charge < -0.3 is 5.43 Å². The Morgan fingerprint density at radius 2 is 2.33 bits per heavy atom. The number of nitrogens with two attached hydrogens (primary N) is 1. The summed E-state index contributed by atoms with van der Waals surface area (Å²) < 4.78 is 1.07. The molecule has 0 radical (unpaired) electrons. The number of nitrogen functional groups attached to an aromatic ring is 1. The van der Waals surface area contributed by atoms with E-state index >= 15 is 0 Å². The predicted octanol–water partition coefficient (Wildman–Crippen LogP) is 0.972. The van der Waals surface area contributed by atoms with Gasteiger partial charge in [0.05, 0.1) is 11.9 Å². The van der Waals surface area contributed by atoms with Crippen molar-refractivity contribution in [3.8, 4) is 0 Å². The van der Waals surface area contributed by atoms with Crippen molar-refractivity contribution in [3.05, 3.63) is 22.0 Å². The lowest BCUT2D eigenvalue weighted by Crippen LogP contribution is -2.06. The van der Waals surface area contributed by atoms with Gasteiger partial charge in [-0.15, -0.1) is 0 Å². The molecule has 1 heterocycles. The molecule has 0 fully saturated rings. The Bertz CT molecular complexity index is 201. The molecule has 3 nitrogen and oxygen atoms in total. The monoisotopic (exact) mass is 235 g/mol. The van der Waals surface area contributed by atoms with Gasteiger partial charge >= 0.3 is 0 Å². The summed E-state index contributed by atoms with van der Waals surface area (Å²) in [6, 6.07) is 1.91. The second-order valence-electron chi connectivity index (χ2n) is 1.54. The maximum absolute atomic E-state index is 5.13. The van der Waals surface area contributed by atoms with Gasteiger partial charge in [-0.2, -0.15) is 0 Å². The van der Waals surface area contributed by atoms with E-state index in [2.05, 4.69) is 33.0 Å². The summed E-state index contributed by atoms with van der Waals surface area (Å²) in [7, 11) is 0. The lowest BCUT2D eigenvalue weighted by molar-refractivity contribution is 1.26. The molecule has 0 bridgehead atoms. The third-order valence-electron chi connectivity index (χ3n) is 0.872. The Kier molecular flexibility index (Phi) is 2.23. The third kappa shape index (κ3) is 1.79. The fourth-order valence-corrected chi connectivity index (χ4v) is 0.987. The van der Waals surface area contributed by atoms with Gasteiger partial charge in [0, 0.05) is 9.77 Å². The van der Waals surface area contributed by atoms with Crippen LogP contribution in [0.2, 0.25) is 0 Å². The topological polar surface area (TPSA) is 50.9 Å². The van der Waals surface area contributed by atoms with Crippen molar-refractivity contribution in [1.29, 1.82) is 0 Å². The number of nitrogens with one attached hydrogen (secondary N) is 1. The summed E-state index contributed by atoms with van der Waals surface area (Å²) in [6.45, 7) is 0. The van der Waals surface area contributed by atoms with E-state index in [1.807, 2.05) is 6.07 Å². The molecule has 1 aromatic heterocycles. The van der Waals surface area contributed by atoms with Crippen LogP contribution < -0.4 is 11.3 Å². The van der Waals surface area contributed by atoms with Crippen LogP contribution in [0.4, 0.5) is 5.69 Å². The van der Waals surface area contributed by atoms with Gasteiger partial charge in [-0.1, -0.05) is 0 Å². The quantitative estimate of drug-likeness (QED) is 0.433. The van der Waals surface area contributed by atoms with Crippen molar-refractivity contribution in [1.82, 2.24) is 4.98 Å². The van der Waals surface area contributed by atoms with Crippen LogP contribution in [0.3, 0.4) is 0 Å². The van der Waals surface area contributed by atoms with Crippen molar-refractivity contribution in [2.75, 3.05) is 5.43 Å². The van der Waals surface area contributed by atoms with Crippen LogP contribution in [0.1, 0.15) is 0 Å². The summed E-state index contributed by atoms with van der Waals surface area (Å²) in [4.78, 5) is 3.91. The SMILES string of the molecule is NNc1cncc(I)c1. The number of rotatable bonds is 1. The summed E-state index contributed by atoms with van der Waals surface area (Å²) in [5, 5.41) is 0. The average Bonchev–Trinajstić information content (AvgIpc) is 1.88. The maximum atomic E-state index is 5.13. The van der Waals surface area contributed by atoms with Crippen LogP contribution in [-0.4, -0.2) is 4.98 Å². The predicted molar refractivity (Wildman–Crippen MR) is 44.8 cm³/mol. The van der Waals surface area contributed by atoms with Crippen molar-refractivity contribution < 1.29 is 0 Å². The summed E-state index contributed by atoms with van der Waals surface area (Å²) >= 11 is 2.17. The van der Waals surface area contributed by atoms with E-state index in [1.165, 1.54) is 0 Å². The highest BCUT2D eigenvalue weighted by molar-refractivity contribution is 14.1. The summed E-state index contributed by atoms with van der Waals surface area (Å²) in [5.74, 6) is 5.13. The van der Waals surface area contributed by atoms with Gasteiger partial charge in [0.25, 0.3) is 0 Å². The Balaban J connectivity index is 2.94. The molecule has 0 saturated carbocycles. The zero-order valence-corrected chi connectivity index (χ0v) is 6.79. The van der Waals surface area contributed by atoms with Gasteiger partial charge in [0.1, 0.15) is 0 Å². The van der Waals surface area contributed by atoms with Gasteiger partial charge in [0.2, 0.25) is 0 Å². The van der Waals surface area contributed by atoms with E-state index in [9.17, 15) is 0 Å². The normalized spacial score (nSPS) is 9.11. The summed E-state index contributed by atoms with van der Waals surface area (Å²) in [6.07, 6.45) is 3.43. The van der Waals surface area contributed by atoms with Crippen LogP contribution in [0.25, 0.3) is 0 Å². The minimum atomic E-state index is 0.835. The number of anilines is 1. The highest BCUT2D eigenvalue weighted by Crippen LogP contribution is 2.07. The van der Waals surface area contributed by atoms with Crippen LogP contribution in [0.15, 0.2) is 18.5 Å². The molecule has 0 amide bonds. The van der Waals surface area contributed by atoms with Crippen molar-refractivity contribution in [3.63, 3.8) is 0 Å². The largest absolute Gasteiger partial charge is 0.323 e. The number of nitrogens with zero attached hydrogens (tertiary/aromatic N) is 1. The molecule has 0 aliphatic heterocycles. The van der Waals surface area contributed by atoms with Crippen LogP contribution in [0, 0.1) is 3.57 Å². The van der Waals surface area contributed by atoms with Gasteiger partial charge in [-0.05, 0) is 28.7 Å². The molecule has 1 rings (SSSR count). The fraction of sp³-hybridized carbons (Fsp3) is 0. The van der Waals surface area contributed by atoms with Crippen molar-refractivity contribution in [2.24, 2.45) is 5.84 Å². The van der Waals surface area contributed by atoms with Crippen molar-refractivity contribution in [2.45, 2.75) is 0 Å². The van der Waals surface area contributed by atoms with Crippen LogP contribution >= 0.6 is 22.6 Å². The number of hydrogen-bond donors (Lipinski definition) is 2. The van der Waals surface area contributed by atoms with Crippen molar-refractivity contribution >= 4 is 28.3 Å². The average molecular weight is 235 g/mol. The second-order valence-corrected chi connectivity index (χ2v) is 2.78. The number of hydrazine groups is 1. The van der Waals surface area contributed by atoms with E-state index in [4.69, 9.17) is 5.84 Å². The Morgan fingerprint density at radius 3 is 2.78 bits per heavy atom. The first-order valence-electron chi connectivity index (χ1n) is 2.40. The number of hydrogen-bond acceptors (Lipinski definition) is 3. The van der Waals surface area contributed by atoms with Crippen LogP contribution in [0.5, 0.6) is 0 Å². The fourth-order valence-electron chi connectivity index (χ4n) is 0.491. The van der Waals surface area contributed by atoms with Gasteiger partial charge in [-0.25, -0.2) is 0 Å². The first kappa shape index (κ1) is 6.76. The number of aromatic nitrogens is 1. The van der Waals surface area contributed by atoms with E-state index in [1.54, 1.807) is 12.4 Å². The summed E-state index contributed by atoms with van der Waals surface area (Å²) in [5.41, 5.74) is 3.34. The van der Waals surface area contributed by atoms with E-state index in [-0.39, 0.29) is 0 Å². The lowest BCUT2D eigenvalue weighted by Gasteiger charge is -1.96. The molecular weight excluding hydrogens is 229 g/mol. The molecule has 0 spiro atoms. The Hall–Kier alpha value is -0.360. The molecule has 48 valence electrons. The second kappa shape index (κ2) is 2.98. The number of halogens is 1. The zero-order valence-electron chi connectivity index (χ0n) is 4.63. The van der Waals surface area contributed by atoms with Gasteiger partial charge in [-0.3, -0.25) is 10.8 Å². The molecule has 0 aromatic carbocycles. The lowest BCUT2D eigenvalue weighted by atomic mass is 10.4. The first-order valence-corrected chi connectivity index (χ1v) is 3.48. The molecule has 9 heavy (non-hydrogen) atoms. The minimum Gasteiger partial charge on any atom is -0.323 e. The Labute approximate surface area is 66.8 Å². The highest BCUT2D eigenvalue weighted by Gasteiger charge is 1.87. The highest BCUT2D eigenvalue weighted by atomic mass is 127. The third-order valence-corrected chi connectivity index (χ3v) is 1.46. The molecule has 1 aromatic rings. The minimum absolute atomic E-state index is 0.835. The molecule has 0 atom stereocenters. The zero-order chi connectivity index (χ0) is 6.69. The molecule has 3 N–H and O–H groups in total. The molecular formula is C5H6IN3. The Morgan fingerprint density at radius 1 is 1.56 bits per heavy atom. The van der Waals surface area contributed by atoms with Gasteiger partial charge in [0.15, 0.2) is 0 Å². The molecule has 4 heteroatoms. The molecule has 0 aliphatic carbocycles. The van der Waals surface area contributed by atoms with Crippen LogP contribution in [-0.2, 0) is 0 Å². The maximum Gasteiger partial charge on any atom is 0.0679 e. The molecule has 0 saturated heterocycles. The smallest absolute Gasteiger partial charge is 0.0679 e. The van der Waals surface area contributed by atoms with E-state index in [0.717, 1.165) is 9.26 Å². The van der Waals surface area contributed by atoms with E-state index < -0.39 is 0 Å². The molecule has 0 unspecified atom stereocenters. The standard InChI is InChI=1S/C5H6IN3/c6-4-1-5(9-7)3-8-2-4/h1-3,9H,7H2. The molecule has 0 aliphatic rings. The van der Waals surface area contributed by atoms with E-state index in [0.29, 0.717) is 0 Å². The number of pyridine rings is 1. The first-order chi connectivity index (χ1) is 4.33.